The summed E-state index contributed by atoms with van der Waals surface area (Å²) in [7, 11) is -4.27. The highest BCUT2D eigenvalue weighted by molar-refractivity contribution is 7.92. The number of alkyl halides is 3. The van der Waals surface area contributed by atoms with E-state index in [2.05, 4.69) is 9.82 Å². The third-order valence-electron chi connectivity index (χ3n) is 4.10. The van der Waals surface area contributed by atoms with Crippen molar-refractivity contribution < 1.29 is 21.6 Å². The minimum absolute atomic E-state index is 0.126. The lowest BCUT2D eigenvalue weighted by Gasteiger charge is -2.13. The SMILES string of the molecule is CC(C)n1cc(S(=O)(=O)Nc2cc(C(F)(F)F)ccc2Cl)c(-c2ccccc2)n1. The van der Waals surface area contributed by atoms with Crippen LogP contribution < -0.4 is 4.72 Å². The van der Waals surface area contributed by atoms with Gasteiger partial charge in [0.05, 0.1) is 16.3 Å². The molecule has 1 N–H and O–H groups in total. The Morgan fingerprint density at radius 3 is 2.34 bits per heavy atom. The summed E-state index contributed by atoms with van der Waals surface area (Å²) in [5.41, 5.74) is -0.629. The molecule has 0 amide bonds. The fraction of sp³-hybridized carbons (Fsp3) is 0.211. The molecule has 0 atom stereocenters. The molecule has 154 valence electrons. The summed E-state index contributed by atoms with van der Waals surface area (Å²) in [5, 5.41) is 4.20. The van der Waals surface area contributed by atoms with E-state index in [0.717, 1.165) is 12.1 Å². The van der Waals surface area contributed by atoms with Gasteiger partial charge in [-0.05, 0) is 32.0 Å². The van der Waals surface area contributed by atoms with E-state index in [1.54, 1.807) is 30.3 Å². The molecular formula is C19H17ClF3N3O2S. The predicted molar refractivity (Wildman–Crippen MR) is 105 cm³/mol. The lowest BCUT2D eigenvalue weighted by atomic mass is 10.2. The fourth-order valence-electron chi connectivity index (χ4n) is 2.61. The quantitative estimate of drug-likeness (QED) is 0.558. The summed E-state index contributed by atoms with van der Waals surface area (Å²) < 4.78 is 68.7. The van der Waals surface area contributed by atoms with Gasteiger partial charge >= 0.3 is 6.18 Å². The van der Waals surface area contributed by atoms with Gasteiger partial charge in [0.1, 0.15) is 10.6 Å². The van der Waals surface area contributed by atoms with Crippen molar-refractivity contribution >= 4 is 27.3 Å². The fourth-order valence-corrected chi connectivity index (χ4v) is 4.06. The second-order valence-electron chi connectivity index (χ2n) is 6.58. The molecule has 0 aliphatic rings. The maximum Gasteiger partial charge on any atom is 0.416 e. The average Bonchev–Trinajstić information content (AvgIpc) is 3.10. The van der Waals surface area contributed by atoms with Crippen molar-refractivity contribution in [2.75, 3.05) is 4.72 Å². The Morgan fingerprint density at radius 1 is 1.10 bits per heavy atom. The lowest BCUT2D eigenvalue weighted by molar-refractivity contribution is -0.137. The molecule has 3 aromatic rings. The number of halogens is 4. The Balaban J connectivity index is 2.09. The van der Waals surface area contributed by atoms with Crippen LogP contribution in [0.5, 0.6) is 0 Å². The number of aromatic nitrogens is 2. The van der Waals surface area contributed by atoms with Crippen LogP contribution in [0.2, 0.25) is 5.02 Å². The van der Waals surface area contributed by atoms with E-state index >= 15 is 0 Å². The standard InChI is InChI=1S/C19H17ClF3N3O2S/c1-12(2)26-11-17(18(24-26)13-6-4-3-5-7-13)29(27,28)25-16-10-14(19(21,22)23)8-9-15(16)20/h3-12,25H,1-2H3. The molecule has 3 rings (SSSR count). The molecule has 0 unspecified atom stereocenters. The summed E-state index contributed by atoms with van der Waals surface area (Å²) >= 11 is 5.94. The van der Waals surface area contributed by atoms with Crippen molar-refractivity contribution in [2.45, 2.75) is 31.0 Å². The minimum atomic E-state index is -4.64. The van der Waals surface area contributed by atoms with Crippen LogP contribution in [0.4, 0.5) is 18.9 Å². The minimum Gasteiger partial charge on any atom is -0.278 e. The molecule has 0 saturated heterocycles. The van der Waals surface area contributed by atoms with E-state index in [1.807, 2.05) is 13.8 Å². The number of rotatable bonds is 5. The van der Waals surface area contributed by atoms with E-state index < -0.39 is 21.8 Å². The van der Waals surface area contributed by atoms with Gasteiger partial charge in [-0.25, -0.2) is 8.42 Å². The molecule has 2 aromatic carbocycles. The van der Waals surface area contributed by atoms with Gasteiger partial charge in [-0.2, -0.15) is 18.3 Å². The van der Waals surface area contributed by atoms with Gasteiger partial charge in [0.15, 0.2) is 0 Å². The zero-order valence-electron chi connectivity index (χ0n) is 15.4. The maximum atomic E-state index is 13.0. The Labute approximate surface area is 171 Å². The number of hydrogen-bond acceptors (Lipinski definition) is 3. The molecule has 0 radical (unpaired) electrons. The Hall–Kier alpha value is -2.52. The summed E-state index contributed by atoms with van der Waals surface area (Å²) in [5.74, 6) is 0. The van der Waals surface area contributed by atoms with Gasteiger partial charge in [-0.1, -0.05) is 41.9 Å². The van der Waals surface area contributed by atoms with Crippen LogP contribution >= 0.6 is 11.6 Å². The van der Waals surface area contributed by atoms with E-state index in [-0.39, 0.29) is 27.3 Å². The first-order valence-electron chi connectivity index (χ1n) is 8.53. The Kier molecular flexibility index (Phi) is 5.64. The Morgan fingerprint density at radius 2 is 1.76 bits per heavy atom. The van der Waals surface area contributed by atoms with Crippen LogP contribution in [0.1, 0.15) is 25.5 Å². The summed E-state index contributed by atoms with van der Waals surface area (Å²) in [6, 6.07) is 11.0. The van der Waals surface area contributed by atoms with Crippen molar-refractivity contribution in [1.29, 1.82) is 0 Å². The topological polar surface area (TPSA) is 64.0 Å². The van der Waals surface area contributed by atoms with Crippen LogP contribution in [-0.2, 0) is 16.2 Å². The number of nitrogens with zero attached hydrogens (tertiary/aromatic N) is 2. The largest absolute Gasteiger partial charge is 0.416 e. The lowest BCUT2D eigenvalue weighted by Crippen LogP contribution is -2.15. The highest BCUT2D eigenvalue weighted by Crippen LogP contribution is 2.35. The molecule has 1 aromatic heterocycles. The normalized spacial score (nSPS) is 12.4. The van der Waals surface area contributed by atoms with E-state index in [9.17, 15) is 21.6 Å². The summed E-state index contributed by atoms with van der Waals surface area (Å²) in [4.78, 5) is -0.161. The van der Waals surface area contributed by atoms with Gasteiger partial charge in [-0.3, -0.25) is 9.40 Å². The van der Waals surface area contributed by atoms with Crippen molar-refractivity contribution in [3.8, 4) is 11.3 Å². The predicted octanol–water partition coefficient (Wildman–Crippen LogP) is 5.60. The molecule has 5 nitrogen and oxygen atoms in total. The zero-order valence-corrected chi connectivity index (χ0v) is 17.0. The maximum absolute atomic E-state index is 13.0. The molecule has 0 aliphatic heterocycles. The monoisotopic (exact) mass is 443 g/mol. The van der Waals surface area contributed by atoms with Crippen LogP contribution in [-0.4, -0.2) is 18.2 Å². The number of benzene rings is 2. The molecular weight excluding hydrogens is 427 g/mol. The Bertz CT molecular complexity index is 1130. The first-order chi connectivity index (χ1) is 13.5. The number of sulfonamides is 1. The van der Waals surface area contributed by atoms with E-state index in [4.69, 9.17) is 11.6 Å². The van der Waals surface area contributed by atoms with Crippen LogP contribution in [0.15, 0.2) is 59.6 Å². The molecule has 0 saturated carbocycles. The van der Waals surface area contributed by atoms with Gasteiger partial charge in [0, 0.05) is 17.8 Å². The number of anilines is 1. The average molecular weight is 444 g/mol. The molecule has 0 fully saturated rings. The van der Waals surface area contributed by atoms with Crippen LogP contribution in [0, 0.1) is 0 Å². The van der Waals surface area contributed by atoms with E-state index in [1.165, 1.54) is 10.9 Å². The highest BCUT2D eigenvalue weighted by atomic mass is 35.5. The molecule has 29 heavy (non-hydrogen) atoms. The molecule has 1 heterocycles. The van der Waals surface area contributed by atoms with Crippen molar-refractivity contribution in [1.82, 2.24) is 9.78 Å². The highest BCUT2D eigenvalue weighted by Gasteiger charge is 2.32. The van der Waals surface area contributed by atoms with Gasteiger partial charge in [-0.15, -0.1) is 0 Å². The second kappa shape index (κ2) is 7.72. The summed E-state index contributed by atoms with van der Waals surface area (Å²) in [6.07, 6.45) is -3.29. The first kappa shape index (κ1) is 21.2. The van der Waals surface area contributed by atoms with Crippen molar-refractivity contribution in [3.63, 3.8) is 0 Å². The molecule has 0 spiro atoms. The first-order valence-corrected chi connectivity index (χ1v) is 10.4. The van der Waals surface area contributed by atoms with Crippen LogP contribution in [0.25, 0.3) is 11.3 Å². The summed E-state index contributed by atoms with van der Waals surface area (Å²) in [6.45, 7) is 3.66. The van der Waals surface area contributed by atoms with Gasteiger partial charge in [0.2, 0.25) is 0 Å². The van der Waals surface area contributed by atoms with E-state index in [0.29, 0.717) is 11.6 Å². The third-order valence-corrected chi connectivity index (χ3v) is 5.80. The van der Waals surface area contributed by atoms with Crippen molar-refractivity contribution in [2.24, 2.45) is 0 Å². The molecule has 10 heteroatoms. The van der Waals surface area contributed by atoms with Gasteiger partial charge in [0.25, 0.3) is 10.0 Å². The zero-order chi connectivity index (χ0) is 21.4. The molecule has 0 bridgehead atoms. The van der Waals surface area contributed by atoms with Crippen molar-refractivity contribution in [3.05, 3.63) is 65.3 Å². The second-order valence-corrected chi connectivity index (χ2v) is 8.64. The van der Waals surface area contributed by atoms with Crippen LogP contribution in [0.3, 0.4) is 0 Å². The molecule has 0 aliphatic carbocycles. The smallest absolute Gasteiger partial charge is 0.278 e. The van der Waals surface area contributed by atoms with Gasteiger partial charge < -0.3 is 0 Å². The number of hydrogen-bond donors (Lipinski definition) is 1. The number of nitrogens with one attached hydrogen (secondary N) is 1. The third kappa shape index (κ3) is 4.56.